The van der Waals surface area contributed by atoms with Gasteiger partial charge in [-0.2, -0.15) is 4.98 Å². The minimum Gasteiger partial charge on any atom is -0.323 e. The van der Waals surface area contributed by atoms with Crippen LogP contribution in [0.25, 0.3) is 27.5 Å². The van der Waals surface area contributed by atoms with Crippen LogP contribution in [0, 0.1) is 0 Å². The van der Waals surface area contributed by atoms with E-state index in [1.54, 1.807) is 16.7 Å². The first kappa shape index (κ1) is 19.3. The monoisotopic (exact) mass is 426 g/mol. The van der Waals surface area contributed by atoms with E-state index in [0.29, 0.717) is 33.0 Å². The molecular formula is C24H18N4O2S. The van der Waals surface area contributed by atoms with Gasteiger partial charge in [-0.05, 0) is 36.4 Å². The molecule has 0 fully saturated rings. The van der Waals surface area contributed by atoms with Crippen LogP contribution in [0.5, 0.6) is 0 Å². The molecule has 0 atom stereocenters. The minimum atomic E-state index is -0.261. The maximum atomic E-state index is 13.3. The molecule has 6 nitrogen and oxygen atoms in total. The summed E-state index contributed by atoms with van der Waals surface area (Å²) < 4.78 is 3.53. The summed E-state index contributed by atoms with van der Waals surface area (Å²) in [7, 11) is 1.88. The number of nitrogens with zero attached hydrogens (tertiary/aromatic N) is 4. The molecule has 0 saturated heterocycles. The average molecular weight is 427 g/mol. The van der Waals surface area contributed by atoms with Crippen molar-refractivity contribution in [2.24, 2.45) is 7.05 Å². The van der Waals surface area contributed by atoms with Gasteiger partial charge in [-0.25, -0.2) is 4.98 Å². The van der Waals surface area contributed by atoms with E-state index in [0.717, 1.165) is 11.2 Å². The second-order valence-electron chi connectivity index (χ2n) is 7.09. The quantitative estimate of drug-likeness (QED) is 0.322. The van der Waals surface area contributed by atoms with Crippen molar-refractivity contribution in [3.05, 3.63) is 105 Å². The molecule has 0 aliphatic rings. The number of fused-ring (bicyclic) bond motifs is 2. The number of aromatic nitrogens is 4. The molecule has 7 heteroatoms. The molecule has 2 aromatic heterocycles. The van der Waals surface area contributed by atoms with Crippen molar-refractivity contribution >= 4 is 33.6 Å². The molecule has 3 aromatic carbocycles. The summed E-state index contributed by atoms with van der Waals surface area (Å²) in [5.41, 5.74) is 1.84. The van der Waals surface area contributed by atoms with Crippen molar-refractivity contribution in [2.45, 2.75) is 10.9 Å². The van der Waals surface area contributed by atoms with Gasteiger partial charge in [0.1, 0.15) is 5.82 Å². The second-order valence-corrected chi connectivity index (χ2v) is 8.03. The predicted octanol–water partition coefficient (Wildman–Crippen LogP) is 3.92. The molecule has 0 amide bonds. The van der Waals surface area contributed by atoms with Gasteiger partial charge in [0.2, 0.25) is 0 Å². The molecule has 31 heavy (non-hydrogen) atoms. The SMILES string of the molecule is Cn1c(SCc2nc3ccccc3c(=O)n2-c2ccccc2)nc(=O)c2ccccc21. The first-order valence-corrected chi connectivity index (χ1v) is 10.8. The van der Waals surface area contributed by atoms with E-state index in [4.69, 9.17) is 4.98 Å². The van der Waals surface area contributed by atoms with Crippen LogP contribution in [0.2, 0.25) is 0 Å². The fourth-order valence-corrected chi connectivity index (χ4v) is 4.54. The van der Waals surface area contributed by atoms with E-state index >= 15 is 0 Å². The molecule has 0 unspecified atom stereocenters. The molecule has 152 valence electrons. The Bertz CT molecular complexity index is 1540. The lowest BCUT2D eigenvalue weighted by molar-refractivity contribution is 0.763. The molecule has 0 saturated carbocycles. The van der Waals surface area contributed by atoms with Crippen LogP contribution in [0.3, 0.4) is 0 Å². The van der Waals surface area contributed by atoms with Gasteiger partial charge in [-0.15, -0.1) is 0 Å². The minimum absolute atomic E-state index is 0.118. The van der Waals surface area contributed by atoms with E-state index in [1.165, 1.54) is 11.8 Å². The summed E-state index contributed by atoms with van der Waals surface area (Å²) in [6.07, 6.45) is 0. The molecule has 0 bridgehead atoms. The van der Waals surface area contributed by atoms with Gasteiger partial charge in [-0.3, -0.25) is 14.2 Å². The summed E-state index contributed by atoms with van der Waals surface area (Å²) >= 11 is 1.38. The third-order valence-electron chi connectivity index (χ3n) is 5.17. The molecule has 0 spiro atoms. The van der Waals surface area contributed by atoms with Gasteiger partial charge < -0.3 is 4.57 Å². The van der Waals surface area contributed by atoms with Crippen molar-refractivity contribution in [1.82, 2.24) is 19.1 Å². The summed E-state index contributed by atoms with van der Waals surface area (Å²) in [5.74, 6) is 0.982. The zero-order chi connectivity index (χ0) is 21.4. The lowest BCUT2D eigenvalue weighted by Crippen LogP contribution is -2.23. The molecule has 0 aliphatic heterocycles. The van der Waals surface area contributed by atoms with E-state index < -0.39 is 0 Å². The van der Waals surface area contributed by atoms with Gasteiger partial charge in [0.25, 0.3) is 11.1 Å². The molecule has 0 aliphatic carbocycles. The number of benzene rings is 3. The smallest absolute Gasteiger partial charge is 0.281 e. The number of aryl methyl sites for hydroxylation is 1. The summed E-state index contributed by atoms with van der Waals surface area (Å²) in [4.78, 5) is 34.8. The van der Waals surface area contributed by atoms with Crippen LogP contribution in [0.15, 0.2) is 93.6 Å². The Kier molecular flexibility index (Phi) is 4.88. The number of hydrogen-bond acceptors (Lipinski definition) is 5. The Morgan fingerprint density at radius 1 is 0.806 bits per heavy atom. The fraction of sp³-hybridized carbons (Fsp3) is 0.0833. The van der Waals surface area contributed by atoms with E-state index in [9.17, 15) is 9.59 Å². The van der Waals surface area contributed by atoms with Crippen molar-refractivity contribution in [2.75, 3.05) is 0 Å². The Labute approximate surface area is 181 Å². The van der Waals surface area contributed by atoms with E-state index in [-0.39, 0.29) is 11.1 Å². The van der Waals surface area contributed by atoms with Crippen molar-refractivity contribution in [3.8, 4) is 5.69 Å². The highest BCUT2D eigenvalue weighted by Gasteiger charge is 2.15. The van der Waals surface area contributed by atoms with Crippen LogP contribution in [0.1, 0.15) is 5.82 Å². The van der Waals surface area contributed by atoms with Crippen molar-refractivity contribution < 1.29 is 0 Å². The Morgan fingerprint density at radius 2 is 1.48 bits per heavy atom. The van der Waals surface area contributed by atoms with Gasteiger partial charge in [-0.1, -0.05) is 54.2 Å². The van der Waals surface area contributed by atoms with E-state index in [1.807, 2.05) is 78.3 Å². The van der Waals surface area contributed by atoms with E-state index in [2.05, 4.69) is 4.98 Å². The zero-order valence-corrected chi connectivity index (χ0v) is 17.5. The number of para-hydroxylation sites is 3. The largest absolute Gasteiger partial charge is 0.323 e. The Morgan fingerprint density at radius 3 is 2.29 bits per heavy atom. The fourth-order valence-electron chi connectivity index (χ4n) is 3.65. The van der Waals surface area contributed by atoms with Crippen molar-refractivity contribution in [3.63, 3.8) is 0 Å². The number of hydrogen-bond donors (Lipinski definition) is 0. The van der Waals surface area contributed by atoms with Gasteiger partial charge in [0.05, 0.1) is 33.2 Å². The number of thioether (sulfide) groups is 1. The van der Waals surface area contributed by atoms with Crippen LogP contribution < -0.4 is 11.1 Å². The lowest BCUT2D eigenvalue weighted by Gasteiger charge is -2.14. The second kappa shape index (κ2) is 7.85. The summed E-state index contributed by atoms with van der Waals surface area (Å²) in [6, 6.07) is 24.2. The Hall–Kier alpha value is -3.71. The molecular weight excluding hydrogens is 408 g/mol. The summed E-state index contributed by atoms with van der Waals surface area (Å²) in [5, 5.41) is 1.72. The van der Waals surface area contributed by atoms with Crippen LogP contribution in [-0.2, 0) is 12.8 Å². The Balaban J connectivity index is 1.63. The number of rotatable bonds is 4. The topological polar surface area (TPSA) is 69.8 Å². The highest BCUT2D eigenvalue weighted by Crippen LogP contribution is 2.23. The summed E-state index contributed by atoms with van der Waals surface area (Å²) in [6.45, 7) is 0. The van der Waals surface area contributed by atoms with Crippen LogP contribution in [-0.4, -0.2) is 19.1 Å². The standard InChI is InChI=1S/C24H18N4O2S/c1-27-20-14-8-6-12-18(20)22(29)26-24(27)31-15-21-25-19-13-7-5-11-17(19)23(30)28(21)16-9-3-2-4-10-16/h2-14H,15H2,1H3. The lowest BCUT2D eigenvalue weighted by atomic mass is 10.2. The van der Waals surface area contributed by atoms with Crippen molar-refractivity contribution in [1.29, 1.82) is 0 Å². The maximum Gasteiger partial charge on any atom is 0.281 e. The first-order chi connectivity index (χ1) is 15.1. The first-order valence-electron chi connectivity index (χ1n) is 9.78. The highest BCUT2D eigenvalue weighted by atomic mass is 32.2. The molecule has 5 rings (SSSR count). The van der Waals surface area contributed by atoms with Gasteiger partial charge in [0.15, 0.2) is 5.16 Å². The van der Waals surface area contributed by atoms with Crippen LogP contribution >= 0.6 is 11.8 Å². The third-order valence-corrected chi connectivity index (χ3v) is 6.20. The predicted molar refractivity (Wildman–Crippen MR) is 124 cm³/mol. The molecule has 2 heterocycles. The molecule has 0 radical (unpaired) electrons. The molecule has 5 aromatic rings. The van der Waals surface area contributed by atoms with Gasteiger partial charge >= 0.3 is 0 Å². The molecule has 0 N–H and O–H groups in total. The average Bonchev–Trinajstić information content (AvgIpc) is 2.81. The highest BCUT2D eigenvalue weighted by molar-refractivity contribution is 7.98. The van der Waals surface area contributed by atoms with Gasteiger partial charge in [0, 0.05) is 7.05 Å². The third kappa shape index (κ3) is 3.43. The van der Waals surface area contributed by atoms with Crippen LogP contribution in [0.4, 0.5) is 0 Å². The normalized spacial score (nSPS) is 11.3. The maximum absolute atomic E-state index is 13.3. The zero-order valence-electron chi connectivity index (χ0n) is 16.7.